The Balaban J connectivity index is 1.89. The summed E-state index contributed by atoms with van der Waals surface area (Å²) < 4.78 is 12.2. The molecule has 1 saturated heterocycles. The van der Waals surface area contributed by atoms with Gasteiger partial charge in [-0.25, -0.2) is 0 Å². The molecular weight excluding hydrogens is 449 g/mol. The number of hydrogen-bond acceptors (Lipinski definition) is 5. The molecule has 1 heterocycles. The molecule has 0 bridgehead atoms. The van der Waals surface area contributed by atoms with E-state index in [0.717, 1.165) is 11.1 Å². The third-order valence-electron chi connectivity index (χ3n) is 4.15. The molecule has 1 amide bonds. The molecule has 1 aliphatic heterocycles. The van der Waals surface area contributed by atoms with Gasteiger partial charge in [-0.05, 0) is 43.7 Å². The fourth-order valence-electron chi connectivity index (χ4n) is 2.76. The summed E-state index contributed by atoms with van der Waals surface area (Å²) in [4.78, 5) is 14.6. The number of amides is 1. The first-order chi connectivity index (χ1) is 13.9. The van der Waals surface area contributed by atoms with E-state index >= 15 is 0 Å². The minimum atomic E-state index is -0.101. The molecule has 0 aliphatic carbocycles. The van der Waals surface area contributed by atoms with Gasteiger partial charge in [-0.1, -0.05) is 65.4 Å². The number of nitrogens with zero attached hydrogens (tertiary/aromatic N) is 1. The number of carbonyl (C=O) groups is 1. The van der Waals surface area contributed by atoms with E-state index in [2.05, 4.69) is 0 Å². The van der Waals surface area contributed by atoms with Gasteiger partial charge < -0.3 is 9.47 Å². The molecule has 29 heavy (non-hydrogen) atoms. The number of likely N-dealkylation sites (N-methyl/N-ethyl adjacent to an activating group) is 1. The van der Waals surface area contributed by atoms with Gasteiger partial charge in [0.25, 0.3) is 5.91 Å². The molecule has 1 aliphatic rings. The van der Waals surface area contributed by atoms with Gasteiger partial charge in [0.1, 0.15) is 10.9 Å². The van der Waals surface area contributed by atoms with Crippen LogP contribution in [-0.4, -0.2) is 28.3 Å². The molecule has 3 rings (SSSR count). The normalized spacial score (nSPS) is 15.3. The van der Waals surface area contributed by atoms with E-state index in [1.807, 2.05) is 32.0 Å². The fraction of sp³-hybridized carbons (Fsp3) is 0.238. The van der Waals surface area contributed by atoms with Gasteiger partial charge >= 0.3 is 0 Å². The largest absolute Gasteiger partial charge is 0.490 e. The highest BCUT2D eigenvalue weighted by atomic mass is 35.5. The van der Waals surface area contributed by atoms with E-state index < -0.39 is 0 Å². The molecule has 2 aromatic carbocycles. The number of benzene rings is 2. The Labute approximate surface area is 189 Å². The van der Waals surface area contributed by atoms with Crippen LogP contribution in [0.1, 0.15) is 25.0 Å². The average molecular weight is 468 g/mol. The third kappa shape index (κ3) is 5.07. The van der Waals surface area contributed by atoms with Crippen molar-refractivity contribution in [3.63, 3.8) is 0 Å². The van der Waals surface area contributed by atoms with Crippen molar-refractivity contribution >= 4 is 63.5 Å². The van der Waals surface area contributed by atoms with Crippen molar-refractivity contribution < 1.29 is 14.3 Å². The molecule has 0 atom stereocenters. The van der Waals surface area contributed by atoms with Crippen LogP contribution in [0.4, 0.5) is 0 Å². The van der Waals surface area contributed by atoms with Crippen LogP contribution in [0.15, 0.2) is 41.3 Å². The van der Waals surface area contributed by atoms with Crippen LogP contribution in [-0.2, 0) is 11.4 Å². The van der Waals surface area contributed by atoms with Crippen molar-refractivity contribution in [2.75, 3.05) is 13.2 Å². The highest BCUT2D eigenvalue weighted by Gasteiger charge is 2.30. The molecular formula is C21H19Cl2NO3S2. The second kappa shape index (κ2) is 9.85. The minimum Gasteiger partial charge on any atom is -0.490 e. The number of rotatable bonds is 7. The Morgan fingerprint density at radius 1 is 1.14 bits per heavy atom. The molecule has 8 heteroatoms. The monoisotopic (exact) mass is 467 g/mol. The Kier molecular flexibility index (Phi) is 7.46. The lowest BCUT2D eigenvalue weighted by Gasteiger charge is -2.15. The van der Waals surface area contributed by atoms with Crippen LogP contribution in [0.2, 0.25) is 10.0 Å². The summed E-state index contributed by atoms with van der Waals surface area (Å²) in [6.07, 6.45) is 1.77. The molecule has 4 nitrogen and oxygen atoms in total. The Bertz CT molecular complexity index is 978. The van der Waals surface area contributed by atoms with Gasteiger partial charge in [-0.15, -0.1) is 0 Å². The maximum Gasteiger partial charge on any atom is 0.266 e. The number of halogens is 2. The zero-order chi connectivity index (χ0) is 21.0. The van der Waals surface area contributed by atoms with Gasteiger partial charge in [0, 0.05) is 17.1 Å². The predicted molar refractivity (Wildman–Crippen MR) is 124 cm³/mol. The summed E-state index contributed by atoms with van der Waals surface area (Å²) >= 11 is 19.2. The van der Waals surface area contributed by atoms with E-state index in [1.165, 1.54) is 11.8 Å². The lowest BCUT2D eigenvalue weighted by molar-refractivity contribution is -0.121. The van der Waals surface area contributed by atoms with Gasteiger partial charge in [-0.2, -0.15) is 0 Å². The van der Waals surface area contributed by atoms with Crippen LogP contribution < -0.4 is 9.47 Å². The van der Waals surface area contributed by atoms with E-state index in [1.54, 1.807) is 29.2 Å². The van der Waals surface area contributed by atoms with Crippen LogP contribution in [0.25, 0.3) is 6.08 Å². The summed E-state index contributed by atoms with van der Waals surface area (Å²) in [7, 11) is 0. The predicted octanol–water partition coefficient (Wildman–Crippen LogP) is 6.19. The van der Waals surface area contributed by atoms with Crippen molar-refractivity contribution in [1.29, 1.82) is 0 Å². The first-order valence-electron chi connectivity index (χ1n) is 9.02. The maximum absolute atomic E-state index is 12.5. The number of ether oxygens (including phenoxy) is 2. The zero-order valence-electron chi connectivity index (χ0n) is 15.9. The summed E-state index contributed by atoms with van der Waals surface area (Å²) in [5.74, 6) is 0.839. The highest BCUT2D eigenvalue weighted by Crippen LogP contribution is 2.39. The standard InChI is InChI=1S/C21H19Cl2NO3S2/c1-3-24-20(25)18(29-21(24)28)11-13-9-16(23)19(17(10-13)26-4-2)27-12-14-7-5-6-8-15(14)22/h5-11H,3-4,12H2,1-2H3/b18-11-. The molecule has 2 aromatic rings. The molecule has 0 saturated carbocycles. The lowest BCUT2D eigenvalue weighted by atomic mass is 10.1. The van der Waals surface area contributed by atoms with Crippen molar-refractivity contribution in [3.8, 4) is 11.5 Å². The molecule has 152 valence electrons. The van der Waals surface area contributed by atoms with Crippen LogP contribution in [0, 0.1) is 0 Å². The van der Waals surface area contributed by atoms with Gasteiger partial charge in [0.05, 0.1) is 16.5 Å². The van der Waals surface area contributed by atoms with E-state index in [4.69, 9.17) is 44.9 Å². The number of thioether (sulfide) groups is 1. The Morgan fingerprint density at radius 3 is 2.55 bits per heavy atom. The van der Waals surface area contributed by atoms with Crippen molar-refractivity contribution in [2.24, 2.45) is 0 Å². The molecule has 0 unspecified atom stereocenters. The summed E-state index contributed by atoms with van der Waals surface area (Å²) in [6, 6.07) is 11.0. The minimum absolute atomic E-state index is 0.101. The molecule has 1 fully saturated rings. The van der Waals surface area contributed by atoms with E-state index in [0.29, 0.717) is 43.9 Å². The molecule has 0 aromatic heterocycles. The van der Waals surface area contributed by atoms with Crippen LogP contribution >= 0.6 is 47.2 Å². The second-order valence-electron chi connectivity index (χ2n) is 6.07. The van der Waals surface area contributed by atoms with Gasteiger partial charge in [0.2, 0.25) is 0 Å². The van der Waals surface area contributed by atoms with Gasteiger partial charge in [0.15, 0.2) is 11.5 Å². The number of thiocarbonyl (C=S) groups is 1. The van der Waals surface area contributed by atoms with Crippen LogP contribution in [0.5, 0.6) is 11.5 Å². The average Bonchev–Trinajstić information content (AvgIpc) is 2.95. The first-order valence-corrected chi connectivity index (χ1v) is 11.0. The van der Waals surface area contributed by atoms with Crippen molar-refractivity contribution in [2.45, 2.75) is 20.5 Å². The maximum atomic E-state index is 12.5. The molecule has 0 spiro atoms. The summed E-state index contributed by atoms with van der Waals surface area (Å²) in [5.41, 5.74) is 1.58. The molecule has 0 N–H and O–H groups in total. The summed E-state index contributed by atoms with van der Waals surface area (Å²) in [5, 5.41) is 1.01. The second-order valence-corrected chi connectivity index (χ2v) is 8.56. The fourth-order valence-corrected chi connectivity index (χ4v) is 4.61. The molecule has 0 radical (unpaired) electrons. The van der Waals surface area contributed by atoms with E-state index in [9.17, 15) is 4.79 Å². The first kappa shape index (κ1) is 22.0. The Hall–Kier alpha value is -1.73. The summed E-state index contributed by atoms with van der Waals surface area (Å²) in [6.45, 7) is 5.02. The van der Waals surface area contributed by atoms with Gasteiger partial charge in [-0.3, -0.25) is 9.69 Å². The number of hydrogen-bond donors (Lipinski definition) is 0. The number of carbonyl (C=O) groups excluding carboxylic acids is 1. The Morgan fingerprint density at radius 2 is 1.90 bits per heavy atom. The zero-order valence-corrected chi connectivity index (χ0v) is 19.1. The van der Waals surface area contributed by atoms with Crippen molar-refractivity contribution in [3.05, 3.63) is 62.5 Å². The quantitative estimate of drug-likeness (QED) is 0.358. The SMILES string of the molecule is CCOc1cc(/C=C2\SC(=S)N(CC)C2=O)cc(Cl)c1OCc1ccccc1Cl. The smallest absolute Gasteiger partial charge is 0.266 e. The van der Waals surface area contributed by atoms with Crippen LogP contribution in [0.3, 0.4) is 0 Å². The highest BCUT2D eigenvalue weighted by molar-refractivity contribution is 8.26. The van der Waals surface area contributed by atoms with E-state index in [-0.39, 0.29) is 12.5 Å². The third-order valence-corrected chi connectivity index (χ3v) is 6.18. The topological polar surface area (TPSA) is 38.8 Å². The lowest BCUT2D eigenvalue weighted by Crippen LogP contribution is -2.27. The van der Waals surface area contributed by atoms with Crippen molar-refractivity contribution in [1.82, 2.24) is 4.90 Å².